The predicted molar refractivity (Wildman–Crippen MR) is 75.6 cm³/mol. The summed E-state index contributed by atoms with van der Waals surface area (Å²) in [5, 5.41) is 7.64. The average Bonchev–Trinajstić information content (AvgIpc) is 2.83. The molecule has 18 heavy (non-hydrogen) atoms. The van der Waals surface area contributed by atoms with E-state index in [0.29, 0.717) is 5.41 Å². The number of rotatable bonds is 9. The van der Waals surface area contributed by atoms with Crippen LogP contribution in [-0.4, -0.2) is 28.4 Å². The maximum absolute atomic E-state index is 4.43. The van der Waals surface area contributed by atoms with Crippen LogP contribution in [0.2, 0.25) is 0 Å². The molecule has 0 aliphatic rings. The Morgan fingerprint density at radius 2 is 2.11 bits per heavy atom. The zero-order valence-electron chi connectivity index (χ0n) is 12.4. The van der Waals surface area contributed by atoms with Crippen molar-refractivity contribution >= 4 is 0 Å². The third-order valence-corrected chi connectivity index (χ3v) is 3.89. The molecule has 0 aromatic carbocycles. The summed E-state index contributed by atoms with van der Waals surface area (Å²) >= 11 is 0. The first-order valence-electron chi connectivity index (χ1n) is 7.22. The highest BCUT2D eigenvalue weighted by atomic mass is 15.3. The van der Waals surface area contributed by atoms with E-state index >= 15 is 0 Å². The fourth-order valence-electron chi connectivity index (χ4n) is 2.62. The lowest BCUT2D eigenvalue weighted by molar-refractivity contribution is 0.227. The summed E-state index contributed by atoms with van der Waals surface area (Å²) in [6.07, 6.45) is 7.69. The zero-order chi connectivity index (χ0) is 13.4. The van der Waals surface area contributed by atoms with Gasteiger partial charge in [-0.1, -0.05) is 26.7 Å². The molecule has 1 unspecified atom stereocenters. The Hall–Kier alpha value is -0.900. The second kappa shape index (κ2) is 7.52. The molecule has 0 saturated heterocycles. The van der Waals surface area contributed by atoms with E-state index in [4.69, 9.17) is 0 Å². The second-order valence-electron chi connectivity index (χ2n) is 5.16. The van der Waals surface area contributed by atoms with Crippen molar-refractivity contribution in [3.05, 3.63) is 12.2 Å². The highest BCUT2D eigenvalue weighted by molar-refractivity contribution is 4.94. The minimum Gasteiger partial charge on any atom is -0.319 e. The van der Waals surface area contributed by atoms with E-state index < -0.39 is 0 Å². The standard InChI is InChI=1S/C14H28N4/c1-5-8-9-14(6-2,11-15-4)10-13-16-12-17-18(13)7-3/h12,15H,5-11H2,1-4H3. The summed E-state index contributed by atoms with van der Waals surface area (Å²) in [4.78, 5) is 4.43. The first-order chi connectivity index (χ1) is 8.71. The molecule has 4 heteroatoms. The van der Waals surface area contributed by atoms with Crippen LogP contribution in [0, 0.1) is 5.41 Å². The number of hydrogen-bond donors (Lipinski definition) is 1. The molecule has 0 radical (unpaired) electrons. The van der Waals surface area contributed by atoms with Gasteiger partial charge in [0.15, 0.2) is 0 Å². The van der Waals surface area contributed by atoms with E-state index in [1.54, 1.807) is 6.33 Å². The van der Waals surface area contributed by atoms with Crippen molar-refractivity contribution < 1.29 is 0 Å². The molecule has 0 aliphatic heterocycles. The molecule has 4 nitrogen and oxygen atoms in total. The lowest BCUT2D eigenvalue weighted by Gasteiger charge is -2.32. The molecule has 1 heterocycles. The van der Waals surface area contributed by atoms with Crippen molar-refractivity contribution in [3.63, 3.8) is 0 Å². The van der Waals surface area contributed by atoms with Crippen LogP contribution >= 0.6 is 0 Å². The van der Waals surface area contributed by atoms with Gasteiger partial charge in [0, 0.05) is 19.5 Å². The van der Waals surface area contributed by atoms with E-state index in [9.17, 15) is 0 Å². The molecule has 1 aromatic rings. The maximum atomic E-state index is 4.43. The van der Waals surface area contributed by atoms with Gasteiger partial charge in [-0.2, -0.15) is 5.10 Å². The van der Waals surface area contributed by atoms with E-state index in [1.165, 1.54) is 25.7 Å². The van der Waals surface area contributed by atoms with Crippen LogP contribution < -0.4 is 5.32 Å². The van der Waals surface area contributed by atoms with Crippen molar-refractivity contribution in [2.45, 2.75) is 59.4 Å². The van der Waals surface area contributed by atoms with Gasteiger partial charge in [-0.3, -0.25) is 4.68 Å². The van der Waals surface area contributed by atoms with Gasteiger partial charge >= 0.3 is 0 Å². The number of unbranched alkanes of at least 4 members (excludes halogenated alkanes) is 1. The summed E-state index contributed by atoms with van der Waals surface area (Å²) < 4.78 is 2.02. The summed E-state index contributed by atoms with van der Waals surface area (Å²) in [5.74, 6) is 1.13. The van der Waals surface area contributed by atoms with Gasteiger partial charge in [-0.25, -0.2) is 4.98 Å². The molecule has 0 saturated carbocycles. The molecule has 104 valence electrons. The fourth-order valence-corrected chi connectivity index (χ4v) is 2.62. The van der Waals surface area contributed by atoms with Crippen LogP contribution in [0.25, 0.3) is 0 Å². The van der Waals surface area contributed by atoms with Crippen LogP contribution in [0.3, 0.4) is 0 Å². The highest BCUT2D eigenvalue weighted by Gasteiger charge is 2.29. The molecule has 0 spiro atoms. The topological polar surface area (TPSA) is 42.7 Å². The van der Waals surface area contributed by atoms with Gasteiger partial charge in [-0.15, -0.1) is 0 Å². The normalized spacial score (nSPS) is 14.7. The summed E-state index contributed by atoms with van der Waals surface area (Å²) in [5.41, 5.74) is 0.324. The highest BCUT2D eigenvalue weighted by Crippen LogP contribution is 2.31. The number of hydrogen-bond acceptors (Lipinski definition) is 3. The molecule has 1 N–H and O–H groups in total. The van der Waals surface area contributed by atoms with E-state index in [-0.39, 0.29) is 0 Å². The lowest BCUT2D eigenvalue weighted by Crippen LogP contribution is -2.35. The Balaban J connectivity index is 2.82. The molecule has 0 amide bonds. The molecule has 1 rings (SSSR count). The first kappa shape index (κ1) is 15.2. The molecule has 0 fully saturated rings. The van der Waals surface area contributed by atoms with Crippen molar-refractivity contribution in [1.29, 1.82) is 0 Å². The van der Waals surface area contributed by atoms with Gasteiger partial charge in [0.05, 0.1) is 0 Å². The van der Waals surface area contributed by atoms with Gasteiger partial charge in [0.1, 0.15) is 12.2 Å². The third-order valence-electron chi connectivity index (χ3n) is 3.89. The van der Waals surface area contributed by atoms with E-state index in [0.717, 1.165) is 25.3 Å². The Kier molecular flexibility index (Phi) is 6.33. The minimum atomic E-state index is 0.324. The van der Waals surface area contributed by atoms with Crippen molar-refractivity contribution in [2.24, 2.45) is 5.41 Å². The van der Waals surface area contributed by atoms with Crippen LogP contribution in [0.15, 0.2) is 6.33 Å². The van der Waals surface area contributed by atoms with Crippen molar-refractivity contribution in [2.75, 3.05) is 13.6 Å². The summed E-state index contributed by atoms with van der Waals surface area (Å²) in [6.45, 7) is 8.63. The average molecular weight is 252 g/mol. The summed E-state index contributed by atoms with van der Waals surface area (Å²) in [7, 11) is 2.04. The molecular formula is C14H28N4. The second-order valence-corrected chi connectivity index (χ2v) is 5.16. The number of nitrogens with one attached hydrogen (secondary N) is 1. The number of aryl methyl sites for hydroxylation is 1. The monoisotopic (exact) mass is 252 g/mol. The smallest absolute Gasteiger partial charge is 0.138 e. The largest absolute Gasteiger partial charge is 0.319 e. The Morgan fingerprint density at radius 1 is 1.33 bits per heavy atom. The van der Waals surface area contributed by atoms with Crippen LogP contribution in [-0.2, 0) is 13.0 Å². The van der Waals surface area contributed by atoms with Crippen molar-refractivity contribution in [1.82, 2.24) is 20.1 Å². The van der Waals surface area contributed by atoms with E-state index in [1.807, 2.05) is 11.7 Å². The van der Waals surface area contributed by atoms with Crippen molar-refractivity contribution in [3.8, 4) is 0 Å². The van der Waals surface area contributed by atoms with Gasteiger partial charge < -0.3 is 5.32 Å². The fraction of sp³-hybridized carbons (Fsp3) is 0.857. The van der Waals surface area contributed by atoms with Gasteiger partial charge in [0.2, 0.25) is 0 Å². The lowest BCUT2D eigenvalue weighted by atomic mass is 9.77. The molecule has 0 bridgehead atoms. The van der Waals surface area contributed by atoms with E-state index in [2.05, 4.69) is 36.2 Å². The molecule has 1 atom stereocenters. The Morgan fingerprint density at radius 3 is 2.67 bits per heavy atom. The predicted octanol–water partition coefficient (Wildman–Crippen LogP) is 2.65. The quantitative estimate of drug-likeness (QED) is 0.734. The van der Waals surface area contributed by atoms with Gasteiger partial charge in [0.25, 0.3) is 0 Å². The molecule has 0 aliphatic carbocycles. The first-order valence-corrected chi connectivity index (χ1v) is 7.22. The molecule has 1 aromatic heterocycles. The minimum absolute atomic E-state index is 0.324. The van der Waals surface area contributed by atoms with Crippen LogP contribution in [0.4, 0.5) is 0 Å². The van der Waals surface area contributed by atoms with Gasteiger partial charge in [-0.05, 0) is 32.2 Å². The third kappa shape index (κ3) is 3.80. The van der Waals surface area contributed by atoms with Crippen LogP contribution in [0.1, 0.15) is 52.3 Å². The van der Waals surface area contributed by atoms with Crippen LogP contribution in [0.5, 0.6) is 0 Å². The Labute approximate surface area is 111 Å². The summed E-state index contributed by atoms with van der Waals surface area (Å²) in [6, 6.07) is 0. The molecular weight excluding hydrogens is 224 g/mol. The zero-order valence-corrected chi connectivity index (χ0v) is 12.4. The number of aromatic nitrogens is 3. The SMILES string of the molecule is CCCCC(CC)(CNC)Cc1ncnn1CC. The Bertz CT molecular complexity index is 334. The number of nitrogens with zero attached hydrogens (tertiary/aromatic N) is 3. The maximum Gasteiger partial charge on any atom is 0.138 e.